The molecule has 1 aliphatic rings. The highest BCUT2D eigenvalue weighted by atomic mass is 19.4. The van der Waals surface area contributed by atoms with Gasteiger partial charge in [0.1, 0.15) is 0 Å². The third-order valence-corrected chi connectivity index (χ3v) is 5.51. The lowest BCUT2D eigenvalue weighted by molar-refractivity contribution is -0.148. The first-order valence-corrected chi connectivity index (χ1v) is 10.8. The Hall–Kier alpha value is -3.78. The number of anilines is 3. The number of nitrogens with two attached hydrogens (primary N) is 1. The lowest BCUT2D eigenvalue weighted by Crippen LogP contribution is -2.33. The molecule has 5 nitrogen and oxygen atoms in total. The van der Waals surface area contributed by atoms with E-state index in [4.69, 9.17) is 5.73 Å². The summed E-state index contributed by atoms with van der Waals surface area (Å²) in [6, 6.07) is 21.5. The van der Waals surface area contributed by atoms with Gasteiger partial charge in [-0.2, -0.15) is 13.2 Å². The highest BCUT2D eigenvalue weighted by molar-refractivity contribution is 6.32. The largest absolute Gasteiger partial charge is 0.401 e. The Bertz CT molecular complexity index is 1200. The van der Waals surface area contributed by atoms with Gasteiger partial charge in [0.15, 0.2) is 0 Å². The molecule has 1 amide bonds. The monoisotopic (exact) mass is 466 g/mol. The number of benzene rings is 3. The Labute approximate surface area is 196 Å². The number of carbonyl (C=O) groups excluding carboxylic acids is 1. The van der Waals surface area contributed by atoms with Crippen LogP contribution in [0, 0.1) is 0 Å². The van der Waals surface area contributed by atoms with Gasteiger partial charge < -0.3 is 16.4 Å². The van der Waals surface area contributed by atoms with Gasteiger partial charge in [0, 0.05) is 41.4 Å². The van der Waals surface area contributed by atoms with Crippen molar-refractivity contribution in [3.05, 3.63) is 95.2 Å². The smallest absolute Gasteiger partial charge is 0.399 e. The van der Waals surface area contributed by atoms with Gasteiger partial charge in [-0.15, -0.1) is 0 Å². The standard InChI is InChI=1S/C26H25F3N4O/c1-17(24-22-13-20(30)9-12-23(22)32-25(24)34)31-21-10-7-19(8-11-21)15-33(16-26(27,28)29)14-18-5-3-2-4-6-18/h2-13,31H,14-16,30H2,1H3,(H,32,34). The molecule has 0 aromatic heterocycles. The van der Waals surface area contributed by atoms with E-state index in [1.165, 1.54) is 4.90 Å². The van der Waals surface area contributed by atoms with Crippen LogP contribution in [0.5, 0.6) is 0 Å². The van der Waals surface area contributed by atoms with Crippen molar-refractivity contribution >= 4 is 28.5 Å². The van der Waals surface area contributed by atoms with Crippen LogP contribution in [0.1, 0.15) is 23.6 Å². The van der Waals surface area contributed by atoms with E-state index in [0.717, 1.165) is 22.4 Å². The van der Waals surface area contributed by atoms with Crippen molar-refractivity contribution in [1.29, 1.82) is 0 Å². The molecule has 3 aromatic carbocycles. The van der Waals surface area contributed by atoms with Crippen LogP contribution in [0.3, 0.4) is 0 Å². The Kier molecular flexibility index (Phi) is 6.61. The molecular weight excluding hydrogens is 441 g/mol. The zero-order valence-electron chi connectivity index (χ0n) is 18.6. The van der Waals surface area contributed by atoms with Crippen molar-refractivity contribution in [3.63, 3.8) is 0 Å². The third-order valence-electron chi connectivity index (χ3n) is 5.51. The highest BCUT2D eigenvalue weighted by Gasteiger charge is 2.31. The first-order valence-electron chi connectivity index (χ1n) is 10.8. The molecule has 8 heteroatoms. The van der Waals surface area contributed by atoms with E-state index in [0.29, 0.717) is 22.6 Å². The van der Waals surface area contributed by atoms with Gasteiger partial charge in [-0.1, -0.05) is 42.5 Å². The van der Waals surface area contributed by atoms with Crippen LogP contribution in [-0.2, 0) is 17.9 Å². The van der Waals surface area contributed by atoms with E-state index < -0.39 is 12.7 Å². The molecule has 0 spiro atoms. The minimum absolute atomic E-state index is 0.157. The third kappa shape index (κ3) is 5.77. The van der Waals surface area contributed by atoms with Crippen molar-refractivity contribution in [1.82, 2.24) is 4.90 Å². The Balaban J connectivity index is 1.48. The lowest BCUT2D eigenvalue weighted by Gasteiger charge is -2.24. The fourth-order valence-electron chi connectivity index (χ4n) is 4.05. The number of allylic oxidation sites excluding steroid dienone is 1. The number of nitrogens with one attached hydrogen (secondary N) is 2. The van der Waals surface area contributed by atoms with E-state index >= 15 is 0 Å². The van der Waals surface area contributed by atoms with Crippen molar-refractivity contribution in [2.45, 2.75) is 26.2 Å². The lowest BCUT2D eigenvalue weighted by atomic mass is 10.0. The Morgan fingerprint density at radius 2 is 1.62 bits per heavy atom. The van der Waals surface area contributed by atoms with E-state index in [9.17, 15) is 18.0 Å². The summed E-state index contributed by atoms with van der Waals surface area (Å²) in [6.07, 6.45) is -4.29. The summed E-state index contributed by atoms with van der Waals surface area (Å²) in [4.78, 5) is 13.8. The molecule has 0 atom stereocenters. The van der Waals surface area contributed by atoms with Crippen molar-refractivity contribution in [3.8, 4) is 0 Å². The van der Waals surface area contributed by atoms with E-state index in [-0.39, 0.29) is 19.0 Å². The molecule has 4 rings (SSSR count). The zero-order valence-corrected chi connectivity index (χ0v) is 18.6. The number of rotatable bonds is 7. The Morgan fingerprint density at radius 3 is 2.26 bits per heavy atom. The van der Waals surface area contributed by atoms with Crippen LogP contribution >= 0.6 is 0 Å². The molecule has 0 fully saturated rings. The van der Waals surface area contributed by atoms with Gasteiger partial charge in [-0.05, 0) is 48.4 Å². The second-order valence-corrected chi connectivity index (χ2v) is 8.33. The van der Waals surface area contributed by atoms with Crippen LogP contribution in [0.15, 0.2) is 78.5 Å². The van der Waals surface area contributed by atoms with E-state index in [1.807, 2.05) is 30.3 Å². The number of amides is 1. The number of nitrogens with zero attached hydrogens (tertiary/aromatic N) is 1. The first kappa shape index (κ1) is 23.4. The molecule has 4 N–H and O–H groups in total. The summed E-state index contributed by atoms with van der Waals surface area (Å²) in [6.45, 7) is 1.16. The SMILES string of the molecule is CC(Nc1ccc(CN(Cc2ccccc2)CC(F)(F)F)cc1)=C1C(=O)Nc2ccc(N)cc21. The molecule has 34 heavy (non-hydrogen) atoms. The fraction of sp³-hybridized carbons (Fsp3) is 0.192. The molecule has 0 radical (unpaired) electrons. The van der Waals surface area contributed by atoms with Crippen molar-refractivity contribution in [2.75, 3.05) is 22.9 Å². The topological polar surface area (TPSA) is 70.4 Å². The molecule has 1 aliphatic heterocycles. The second kappa shape index (κ2) is 9.61. The summed E-state index contributed by atoms with van der Waals surface area (Å²) in [5, 5.41) is 6.04. The van der Waals surface area contributed by atoms with Crippen LogP contribution in [0.25, 0.3) is 5.57 Å². The van der Waals surface area contributed by atoms with Gasteiger partial charge in [0.2, 0.25) is 0 Å². The maximum absolute atomic E-state index is 13.1. The average molecular weight is 467 g/mol. The average Bonchev–Trinajstić information content (AvgIpc) is 3.09. The van der Waals surface area contributed by atoms with Crippen molar-refractivity contribution in [2.24, 2.45) is 0 Å². The molecule has 176 valence electrons. The molecule has 0 saturated carbocycles. The first-order chi connectivity index (χ1) is 16.2. The summed E-state index contributed by atoms with van der Waals surface area (Å²) in [7, 11) is 0. The maximum atomic E-state index is 13.1. The maximum Gasteiger partial charge on any atom is 0.401 e. The predicted octanol–water partition coefficient (Wildman–Crippen LogP) is 5.63. The number of alkyl halides is 3. The minimum Gasteiger partial charge on any atom is -0.399 e. The quantitative estimate of drug-likeness (QED) is 0.312. The van der Waals surface area contributed by atoms with Crippen LogP contribution in [0.2, 0.25) is 0 Å². The van der Waals surface area contributed by atoms with Crippen LogP contribution in [-0.4, -0.2) is 23.5 Å². The molecule has 0 bridgehead atoms. The second-order valence-electron chi connectivity index (χ2n) is 8.33. The van der Waals surface area contributed by atoms with Crippen LogP contribution < -0.4 is 16.4 Å². The number of hydrogen-bond donors (Lipinski definition) is 3. The van der Waals surface area contributed by atoms with Crippen LogP contribution in [0.4, 0.5) is 30.2 Å². The van der Waals surface area contributed by atoms with Gasteiger partial charge in [-0.3, -0.25) is 9.69 Å². The number of nitrogen functional groups attached to an aromatic ring is 1. The number of hydrogen-bond acceptors (Lipinski definition) is 4. The molecule has 0 saturated heterocycles. The molecular formula is C26H25F3N4O. The predicted molar refractivity (Wildman–Crippen MR) is 129 cm³/mol. The molecule has 1 heterocycles. The summed E-state index contributed by atoms with van der Waals surface area (Å²) < 4.78 is 39.4. The van der Waals surface area contributed by atoms with E-state index in [1.54, 1.807) is 49.4 Å². The van der Waals surface area contributed by atoms with Gasteiger partial charge in [0.05, 0.1) is 12.1 Å². The Morgan fingerprint density at radius 1 is 0.971 bits per heavy atom. The normalized spacial score (nSPS) is 14.7. The summed E-state index contributed by atoms with van der Waals surface area (Å²) >= 11 is 0. The number of halogens is 3. The van der Waals surface area contributed by atoms with E-state index in [2.05, 4.69) is 10.6 Å². The summed E-state index contributed by atoms with van der Waals surface area (Å²) in [5.41, 5.74) is 11.3. The molecule has 0 unspecified atom stereocenters. The van der Waals surface area contributed by atoms with Gasteiger partial charge in [-0.25, -0.2) is 0 Å². The fourth-order valence-corrected chi connectivity index (χ4v) is 4.05. The number of fused-ring (bicyclic) bond motifs is 1. The highest BCUT2D eigenvalue weighted by Crippen LogP contribution is 2.35. The zero-order chi connectivity index (χ0) is 24.3. The van der Waals surface area contributed by atoms with Gasteiger partial charge >= 0.3 is 6.18 Å². The minimum atomic E-state index is -4.29. The van der Waals surface area contributed by atoms with Gasteiger partial charge in [0.25, 0.3) is 5.91 Å². The summed E-state index contributed by atoms with van der Waals surface area (Å²) in [5.74, 6) is -0.217. The molecule has 0 aliphatic carbocycles. The molecule has 3 aromatic rings. The van der Waals surface area contributed by atoms with Crippen molar-refractivity contribution < 1.29 is 18.0 Å². The number of carbonyl (C=O) groups is 1.